The molecule has 1 aliphatic rings. The van der Waals surface area contributed by atoms with Crippen molar-refractivity contribution in [2.45, 2.75) is 18.9 Å². The van der Waals surface area contributed by atoms with E-state index in [9.17, 15) is 9.18 Å². The standard InChI is InChI=1S/C13H17FN2O/c1-16(12-5-6-15-9-12)13(17)8-10-3-2-4-11(14)7-10/h2-4,7,12,15H,5-6,8-9H2,1H3. The van der Waals surface area contributed by atoms with Crippen LogP contribution in [0.3, 0.4) is 0 Å². The molecular formula is C13H17FN2O. The molecule has 1 unspecified atom stereocenters. The lowest BCUT2D eigenvalue weighted by molar-refractivity contribution is -0.130. The molecule has 1 N–H and O–H groups in total. The van der Waals surface area contributed by atoms with E-state index < -0.39 is 0 Å². The highest BCUT2D eigenvalue weighted by Gasteiger charge is 2.22. The molecule has 1 saturated heterocycles. The molecule has 1 aromatic rings. The minimum Gasteiger partial charge on any atom is -0.341 e. The van der Waals surface area contributed by atoms with Gasteiger partial charge in [-0.05, 0) is 30.7 Å². The number of nitrogens with zero attached hydrogens (tertiary/aromatic N) is 1. The molecule has 1 heterocycles. The van der Waals surface area contributed by atoms with E-state index >= 15 is 0 Å². The van der Waals surface area contributed by atoms with Crippen LogP contribution in [-0.4, -0.2) is 37.0 Å². The lowest BCUT2D eigenvalue weighted by Crippen LogP contribution is -2.39. The number of rotatable bonds is 3. The summed E-state index contributed by atoms with van der Waals surface area (Å²) in [4.78, 5) is 13.8. The third-order valence-electron chi connectivity index (χ3n) is 3.22. The summed E-state index contributed by atoms with van der Waals surface area (Å²) in [7, 11) is 1.82. The molecule has 3 nitrogen and oxygen atoms in total. The predicted octanol–water partition coefficient (Wildman–Crippen LogP) is 1.19. The number of carbonyl (C=O) groups is 1. The zero-order valence-corrected chi connectivity index (χ0v) is 9.95. The Morgan fingerprint density at radius 3 is 3.06 bits per heavy atom. The number of likely N-dealkylation sites (N-methyl/N-ethyl adjacent to an activating group) is 1. The highest BCUT2D eigenvalue weighted by molar-refractivity contribution is 5.78. The Morgan fingerprint density at radius 2 is 2.41 bits per heavy atom. The van der Waals surface area contributed by atoms with Crippen LogP contribution in [0.15, 0.2) is 24.3 Å². The van der Waals surface area contributed by atoms with Gasteiger partial charge < -0.3 is 10.2 Å². The van der Waals surface area contributed by atoms with Gasteiger partial charge in [-0.15, -0.1) is 0 Å². The third kappa shape index (κ3) is 3.03. The SMILES string of the molecule is CN(C(=O)Cc1cccc(F)c1)C1CCNC1. The van der Waals surface area contributed by atoms with E-state index in [1.54, 1.807) is 17.0 Å². The fourth-order valence-corrected chi connectivity index (χ4v) is 2.12. The normalized spacial score (nSPS) is 19.3. The van der Waals surface area contributed by atoms with Gasteiger partial charge in [-0.25, -0.2) is 4.39 Å². The van der Waals surface area contributed by atoms with E-state index in [-0.39, 0.29) is 24.2 Å². The van der Waals surface area contributed by atoms with E-state index in [1.165, 1.54) is 12.1 Å². The van der Waals surface area contributed by atoms with Crippen molar-refractivity contribution in [3.05, 3.63) is 35.6 Å². The topological polar surface area (TPSA) is 32.3 Å². The molecule has 1 aromatic carbocycles. The smallest absolute Gasteiger partial charge is 0.227 e. The first-order valence-electron chi connectivity index (χ1n) is 5.87. The van der Waals surface area contributed by atoms with E-state index in [0.29, 0.717) is 0 Å². The number of amides is 1. The Labute approximate surface area is 101 Å². The molecule has 0 aromatic heterocycles. The summed E-state index contributed by atoms with van der Waals surface area (Å²) in [6.45, 7) is 1.81. The van der Waals surface area contributed by atoms with Crippen LogP contribution in [0.25, 0.3) is 0 Å². The molecule has 0 saturated carbocycles. The highest BCUT2D eigenvalue weighted by Crippen LogP contribution is 2.10. The van der Waals surface area contributed by atoms with Gasteiger partial charge in [-0.1, -0.05) is 12.1 Å². The molecule has 1 fully saturated rings. The number of hydrogen-bond acceptors (Lipinski definition) is 2. The molecule has 1 amide bonds. The fourth-order valence-electron chi connectivity index (χ4n) is 2.12. The summed E-state index contributed by atoms with van der Waals surface area (Å²) >= 11 is 0. The fraction of sp³-hybridized carbons (Fsp3) is 0.462. The quantitative estimate of drug-likeness (QED) is 0.855. The molecule has 1 aliphatic heterocycles. The number of halogens is 1. The van der Waals surface area contributed by atoms with E-state index in [0.717, 1.165) is 25.1 Å². The van der Waals surface area contributed by atoms with Crippen molar-refractivity contribution in [3.8, 4) is 0 Å². The van der Waals surface area contributed by atoms with Crippen molar-refractivity contribution in [2.75, 3.05) is 20.1 Å². The maximum Gasteiger partial charge on any atom is 0.227 e. The summed E-state index contributed by atoms with van der Waals surface area (Å²) in [5.41, 5.74) is 0.729. The lowest BCUT2D eigenvalue weighted by Gasteiger charge is -2.23. The number of hydrogen-bond donors (Lipinski definition) is 1. The summed E-state index contributed by atoms with van der Waals surface area (Å²) in [5, 5.41) is 3.23. The maximum atomic E-state index is 13.0. The number of nitrogens with one attached hydrogen (secondary N) is 1. The molecule has 0 radical (unpaired) electrons. The van der Waals surface area contributed by atoms with Crippen LogP contribution in [-0.2, 0) is 11.2 Å². The van der Waals surface area contributed by atoms with Crippen LogP contribution >= 0.6 is 0 Å². The van der Waals surface area contributed by atoms with Crippen molar-refractivity contribution >= 4 is 5.91 Å². The first kappa shape index (κ1) is 12.0. The monoisotopic (exact) mass is 236 g/mol. The molecule has 2 rings (SSSR count). The van der Waals surface area contributed by atoms with Crippen molar-refractivity contribution < 1.29 is 9.18 Å². The third-order valence-corrected chi connectivity index (χ3v) is 3.22. The minimum atomic E-state index is -0.291. The van der Waals surface area contributed by atoms with E-state index in [1.807, 2.05) is 7.05 Å². The number of benzene rings is 1. The Kier molecular flexibility index (Phi) is 3.74. The highest BCUT2D eigenvalue weighted by atomic mass is 19.1. The molecule has 17 heavy (non-hydrogen) atoms. The van der Waals surface area contributed by atoms with Crippen molar-refractivity contribution in [1.82, 2.24) is 10.2 Å². The summed E-state index contributed by atoms with van der Waals surface area (Å²) < 4.78 is 13.0. The van der Waals surface area contributed by atoms with E-state index in [2.05, 4.69) is 5.32 Å². The molecule has 92 valence electrons. The van der Waals surface area contributed by atoms with Crippen molar-refractivity contribution in [2.24, 2.45) is 0 Å². The lowest BCUT2D eigenvalue weighted by atomic mass is 10.1. The number of carbonyl (C=O) groups excluding carboxylic acids is 1. The molecule has 1 atom stereocenters. The van der Waals surface area contributed by atoms with Crippen molar-refractivity contribution in [1.29, 1.82) is 0 Å². The van der Waals surface area contributed by atoms with Crippen LogP contribution in [0.5, 0.6) is 0 Å². The summed E-state index contributed by atoms with van der Waals surface area (Å²) in [6.07, 6.45) is 1.26. The Morgan fingerprint density at radius 1 is 1.59 bits per heavy atom. The molecule has 4 heteroatoms. The van der Waals surface area contributed by atoms with Crippen LogP contribution < -0.4 is 5.32 Å². The van der Waals surface area contributed by atoms with Gasteiger partial charge in [0.2, 0.25) is 5.91 Å². The first-order valence-corrected chi connectivity index (χ1v) is 5.87. The minimum absolute atomic E-state index is 0.0456. The Bertz CT molecular complexity index is 402. The second-order valence-electron chi connectivity index (χ2n) is 4.46. The second kappa shape index (κ2) is 5.27. The van der Waals surface area contributed by atoms with Gasteiger partial charge in [-0.3, -0.25) is 4.79 Å². The average Bonchev–Trinajstić information content (AvgIpc) is 2.81. The predicted molar refractivity (Wildman–Crippen MR) is 64.1 cm³/mol. The van der Waals surface area contributed by atoms with Gasteiger partial charge >= 0.3 is 0 Å². The molecule has 0 spiro atoms. The summed E-state index contributed by atoms with van der Waals surface area (Å²) in [5.74, 6) is -0.246. The molecule has 0 aliphatic carbocycles. The molecule has 0 bridgehead atoms. The Hall–Kier alpha value is -1.42. The van der Waals surface area contributed by atoms with Crippen LogP contribution in [0.2, 0.25) is 0 Å². The van der Waals surface area contributed by atoms with Crippen LogP contribution in [0.1, 0.15) is 12.0 Å². The Balaban J connectivity index is 1.96. The van der Waals surface area contributed by atoms with Crippen molar-refractivity contribution in [3.63, 3.8) is 0 Å². The zero-order valence-electron chi connectivity index (χ0n) is 9.95. The zero-order chi connectivity index (χ0) is 12.3. The van der Waals surface area contributed by atoms with Crippen LogP contribution in [0, 0.1) is 5.82 Å². The van der Waals surface area contributed by atoms with E-state index in [4.69, 9.17) is 0 Å². The van der Waals surface area contributed by atoms with Gasteiger partial charge in [0.05, 0.1) is 6.42 Å². The largest absolute Gasteiger partial charge is 0.341 e. The second-order valence-corrected chi connectivity index (χ2v) is 4.46. The van der Waals surface area contributed by atoms with Gasteiger partial charge in [0.1, 0.15) is 5.82 Å². The average molecular weight is 236 g/mol. The summed E-state index contributed by atoms with van der Waals surface area (Å²) in [6, 6.07) is 6.49. The van der Waals surface area contributed by atoms with Gasteiger partial charge in [0.25, 0.3) is 0 Å². The van der Waals surface area contributed by atoms with Gasteiger partial charge in [0, 0.05) is 19.6 Å². The van der Waals surface area contributed by atoms with Crippen LogP contribution in [0.4, 0.5) is 4.39 Å². The van der Waals surface area contributed by atoms with Gasteiger partial charge in [0.15, 0.2) is 0 Å². The maximum absolute atomic E-state index is 13.0. The van der Waals surface area contributed by atoms with Gasteiger partial charge in [-0.2, -0.15) is 0 Å². The molecular weight excluding hydrogens is 219 g/mol. The first-order chi connectivity index (χ1) is 8.16.